The molecular weight excluding hydrogens is 280 g/mol. The molecule has 0 saturated carbocycles. The van der Waals surface area contributed by atoms with Gasteiger partial charge < -0.3 is 9.80 Å². The third kappa shape index (κ3) is 4.08. The minimum atomic E-state index is -0.0987. The molecule has 2 rings (SSSR count). The van der Waals surface area contributed by atoms with Crippen molar-refractivity contribution in [2.24, 2.45) is 13.0 Å². The van der Waals surface area contributed by atoms with Crippen molar-refractivity contribution < 1.29 is 4.79 Å². The highest BCUT2D eigenvalue weighted by atomic mass is 16.2. The molecule has 1 aliphatic rings. The lowest BCUT2D eigenvalue weighted by Crippen LogP contribution is -2.39. The Hall–Kier alpha value is -1.85. The molecule has 1 amide bonds. The summed E-state index contributed by atoms with van der Waals surface area (Å²) in [6.07, 6.45) is 5.42. The van der Waals surface area contributed by atoms with Gasteiger partial charge in [-0.2, -0.15) is 5.10 Å². The van der Waals surface area contributed by atoms with Crippen LogP contribution in [0.4, 0.5) is 5.69 Å². The first kappa shape index (κ1) is 16.5. The summed E-state index contributed by atoms with van der Waals surface area (Å²) >= 11 is 0. The summed E-state index contributed by atoms with van der Waals surface area (Å²) < 4.78 is 1.33. The van der Waals surface area contributed by atoms with Crippen molar-refractivity contribution >= 4 is 11.6 Å². The van der Waals surface area contributed by atoms with Crippen LogP contribution < -0.4 is 10.5 Å². The van der Waals surface area contributed by atoms with Gasteiger partial charge in [0.25, 0.3) is 5.56 Å². The molecule has 1 aromatic rings. The van der Waals surface area contributed by atoms with Crippen molar-refractivity contribution in [3.05, 3.63) is 22.6 Å². The van der Waals surface area contributed by atoms with Crippen LogP contribution >= 0.6 is 0 Å². The van der Waals surface area contributed by atoms with E-state index in [2.05, 4.69) is 16.9 Å². The summed E-state index contributed by atoms with van der Waals surface area (Å²) in [7, 11) is 3.52. The minimum Gasteiger partial charge on any atom is -0.370 e. The third-order valence-corrected chi connectivity index (χ3v) is 4.29. The van der Waals surface area contributed by atoms with E-state index in [0.29, 0.717) is 12.3 Å². The summed E-state index contributed by atoms with van der Waals surface area (Å²) in [5, 5.41) is 4.08. The maximum Gasteiger partial charge on any atom is 0.268 e. The molecule has 1 fully saturated rings. The number of rotatable bonds is 5. The van der Waals surface area contributed by atoms with Crippen LogP contribution in [0.25, 0.3) is 0 Å². The third-order valence-electron chi connectivity index (χ3n) is 4.29. The van der Waals surface area contributed by atoms with E-state index in [1.807, 2.05) is 11.9 Å². The van der Waals surface area contributed by atoms with Gasteiger partial charge in [-0.3, -0.25) is 9.59 Å². The zero-order valence-corrected chi connectivity index (χ0v) is 13.8. The van der Waals surface area contributed by atoms with Crippen LogP contribution in [-0.2, 0) is 11.8 Å². The second kappa shape index (κ2) is 7.42. The topological polar surface area (TPSA) is 58.4 Å². The molecule has 1 aromatic heterocycles. The fourth-order valence-electron chi connectivity index (χ4n) is 2.96. The molecule has 122 valence electrons. The number of aryl methyl sites for hydroxylation is 1. The lowest BCUT2D eigenvalue weighted by atomic mass is 9.94. The predicted molar refractivity (Wildman–Crippen MR) is 87.0 cm³/mol. The van der Waals surface area contributed by atoms with E-state index in [1.54, 1.807) is 19.3 Å². The molecule has 1 unspecified atom stereocenters. The molecule has 6 nitrogen and oxygen atoms in total. The van der Waals surface area contributed by atoms with Crippen molar-refractivity contribution in [2.75, 3.05) is 31.6 Å². The Labute approximate surface area is 131 Å². The van der Waals surface area contributed by atoms with Gasteiger partial charge in [0.15, 0.2) is 0 Å². The van der Waals surface area contributed by atoms with Gasteiger partial charge in [0.2, 0.25) is 5.91 Å². The highest BCUT2D eigenvalue weighted by molar-refractivity contribution is 5.76. The molecule has 1 atom stereocenters. The zero-order valence-electron chi connectivity index (χ0n) is 13.8. The van der Waals surface area contributed by atoms with Gasteiger partial charge in [0, 0.05) is 46.2 Å². The number of nitrogens with zero attached hydrogens (tertiary/aromatic N) is 4. The Balaban J connectivity index is 1.98. The van der Waals surface area contributed by atoms with Crippen molar-refractivity contribution in [1.82, 2.24) is 14.7 Å². The Morgan fingerprint density at radius 2 is 2.27 bits per heavy atom. The van der Waals surface area contributed by atoms with Gasteiger partial charge in [-0.15, -0.1) is 0 Å². The molecule has 0 N–H and O–H groups in total. The van der Waals surface area contributed by atoms with Gasteiger partial charge in [0.05, 0.1) is 11.9 Å². The normalized spacial score (nSPS) is 18.3. The molecule has 0 radical (unpaired) electrons. The van der Waals surface area contributed by atoms with Crippen molar-refractivity contribution in [1.29, 1.82) is 0 Å². The molecule has 2 heterocycles. The Morgan fingerprint density at radius 1 is 1.50 bits per heavy atom. The first-order valence-electron chi connectivity index (χ1n) is 8.03. The van der Waals surface area contributed by atoms with Crippen molar-refractivity contribution in [3.8, 4) is 0 Å². The molecule has 1 aliphatic heterocycles. The maximum absolute atomic E-state index is 12.2. The summed E-state index contributed by atoms with van der Waals surface area (Å²) in [5.41, 5.74) is 0.764. The molecule has 0 aliphatic carbocycles. The van der Waals surface area contributed by atoms with Crippen LogP contribution in [0, 0.1) is 5.92 Å². The van der Waals surface area contributed by atoms with Gasteiger partial charge in [-0.05, 0) is 25.2 Å². The smallest absolute Gasteiger partial charge is 0.268 e. The van der Waals surface area contributed by atoms with E-state index >= 15 is 0 Å². The van der Waals surface area contributed by atoms with E-state index < -0.39 is 0 Å². The zero-order chi connectivity index (χ0) is 16.1. The molecule has 6 heteroatoms. The summed E-state index contributed by atoms with van der Waals surface area (Å²) in [4.78, 5) is 27.9. The highest BCUT2D eigenvalue weighted by Gasteiger charge is 2.24. The number of hydrogen-bond acceptors (Lipinski definition) is 4. The second-order valence-electron chi connectivity index (χ2n) is 6.15. The van der Waals surface area contributed by atoms with Gasteiger partial charge in [-0.25, -0.2) is 4.68 Å². The fourth-order valence-corrected chi connectivity index (χ4v) is 2.96. The SMILES string of the molecule is CCCN(C)C(=O)CC1CCCN(c2cnn(C)c(=O)c2)C1. The molecule has 0 spiro atoms. The van der Waals surface area contributed by atoms with Crippen LogP contribution in [0.15, 0.2) is 17.1 Å². The summed E-state index contributed by atoms with van der Waals surface area (Å²) in [5.74, 6) is 0.570. The molecule has 0 aromatic carbocycles. The lowest BCUT2D eigenvalue weighted by Gasteiger charge is -2.34. The van der Waals surface area contributed by atoms with E-state index in [1.165, 1.54) is 4.68 Å². The van der Waals surface area contributed by atoms with Crippen LogP contribution in [0.2, 0.25) is 0 Å². The average Bonchev–Trinajstić information content (AvgIpc) is 2.50. The standard InChI is InChI=1S/C16H26N4O2/c1-4-7-18(2)15(21)9-13-6-5-8-20(12-13)14-10-16(22)19(3)17-11-14/h10-11,13H,4-9,12H2,1-3H3. The monoisotopic (exact) mass is 306 g/mol. The van der Waals surface area contributed by atoms with Crippen LogP contribution in [-0.4, -0.2) is 47.3 Å². The van der Waals surface area contributed by atoms with E-state index in [0.717, 1.165) is 44.6 Å². The van der Waals surface area contributed by atoms with Gasteiger partial charge in [-0.1, -0.05) is 6.92 Å². The quantitative estimate of drug-likeness (QED) is 0.821. The Morgan fingerprint density at radius 3 is 2.95 bits per heavy atom. The number of hydrogen-bond donors (Lipinski definition) is 0. The van der Waals surface area contributed by atoms with Crippen LogP contribution in [0.5, 0.6) is 0 Å². The van der Waals surface area contributed by atoms with E-state index in [-0.39, 0.29) is 11.5 Å². The molecule has 1 saturated heterocycles. The minimum absolute atomic E-state index is 0.0987. The number of carbonyl (C=O) groups excluding carboxylic acids is 1. The molecular formula is C16H26N4O2. The number of carbonyl (C=O) groups is 1. The lowest BCUT2D eigenvalue weighted by molar-refractivity contribution is -0.131. The number of anilines is 1. The van der Waals surface area contributed by atoms with Gasteiger partial charge in [0.1, 0.15) is 0 Å². The average molecular weight is 306 g/mol. The molecule has 22 heavy (non-hydrogen) atoms. The highest BCUT2D eigenvalue weighted by Crippen LogP contribution is 2.24. The van der Waals surface area contributed by atoms with Crippen LogP contribution in [0.3, 0.4) is 0 Å². The molecule has 0 bridgehead atoms. The number of piperidine rings is 1. The van der Waals surface area contributed by atoms with E-state index in [4.69, 9.17) is 0 Å². The Kier molecular flexibility index (Phi) is 5.57. The first-order chi connectivity index (χ1) is 10.5. The second-order valence-corrected chi connectivity index (χ2v) is 6.15. The van der Waals surface area contributed by atoms with Crippen molar-refractivity contribution in [2.45, 2.75) is 32.6 Å². The van der Waals surface area contributed by atoms with Gasteiger partial charge >= 0.3 is 0 Å². The maximum atomic E-state index is 12.2. The fraction of sp³-hybridized carbons (Fsp3) is 0.688. The number of amides is 1. The van der Waals surface area contributed by atoms with E-state index in [9.17, 15) is 9.59 Å². The predicted octanol–water partition coefficient (Wildman–Crippen LogP) is 1.26. The largest absolute Gasteiger partial charge is 0.370 e. The Bertz CT molecular complexity index is 570. The van der Waals surface area contributed by atoms with Crippen molar-refractivity contribution in [3.63, 3.8) is 0 Å². The summed E-state index contributed by atoms with van der Waals surface area (Å²) in [6, 6.07) is 1.63. The summed E-state index contributed by atoms with van der Waals surface area (Å²) in [6.45, 7) is 4.63. The number of aromatic nitrogens is 2. The van der Waals surface area contributed by atoms with Crippen LogP contribution in [0.1, 0.15) is 32.6 Å². The first-order valence-corrected chi connectivity index (χ1v) is 8.03.